The first-order valence-electron chi connectivity index (χ1n) is 11.0. The summed E-state index contributed by atoms with van der Waals surface area (Å²) in [4.78, 5) is 23.3. The lowest BCUT2D eigenvalue weighted by Crippen LogP contribution is -2.40. The van der Waals surface area contributed by atoms with Gasteiger partial charge in [-0.25, -0.2) is 9.78 Å². The van der Waals surface area contributed by atoms with Crippen LogP contribution in [-0.2, 0) is 27.2 Å². The lowest BCUT2D eigenvalue weighted by atomic mass is 10.0. The van der Waals surface area contributed by atoms with Crippen molar-refractivity contribution in [1.82, 2.24) is 9.97 Å². The number of amides is 1. The molecular formula is C24H31N3O4. The van der Waals surface area contributed by atoms with E-state index in [9.17, 15) is 4.79 Å². The van der Waals surface area contributed by atoms with Crippen LogP contribution in [0.2, 0.25) is 0 Å². The molecule has 0 unspecified atom stereocenters. The zero-order valence-electron chi connectivity index (χ0n) is 18.6. The van der Waals surface area contributed by atoms with Crippen molar-refractivity contribution < 1.29 is 19.0 Å². The van der Waals surface area contributed by atoms with Gasteiger partial charge in [0.15, 0.2) is 0 Å². The number of fused-ring (bicyclic) bond motifs is 1. The van der Waals surface area contributed by atoms with Gasteiger partial charge in [0.05, 0.1) is 12.7 Å². The third-order valence-corrected chi connectivity index (χ3v) is 5.42. The number of anilines is 1. The maximum absolute atomic E-state index is 12.6. The Morgan fingerprint density at radius 3 is 2.71 bits per heavy atom. The minimum absolute atomic E-state index is 0.252. The molecule has 7 heteroatoms. The molecule has 0 aromatic carbocycles. The average Bonchev–Trinajstić information content (AvgIpc) is 2.76. The maximum Gasteiger partial charge on any atom is 0.416 e. The fourth-order valence-corrected chi connectivity index (χ4v) is 3.90. The molecule has 4 rings (SSSR count). The molecule has 31 heavy (non-hydrogen) atoms. The van der Waals surface area contributed by atoms with Gasteiger partial charge in [0.1, 0.15) is 11.4 Å². The quantitative estimate of drug-likeness (QED) is 0.717. The Morgan fingerprint density at radius 2 is 1.94 bits per heavy atom. The van der Waals surface area contributed by atoms with E-state index < -0.39 is 5.60 Å². The molecule has 2 aliphatic rings. The molecule has 1 saturated heterocycles. The summed E-state index contributed by atoms with van der Waals surface area (Å²) in [5, 5.41) is 0. The van der Waals surface area contributed by atoms with Gasteiger partial charge in [-0.2, -0.15) is 0 Å². The van der Waals surface area contributed by atoms with Gasteiger partial charge in [-0.3, -0.25) is 9.88 Å². The molecule has 4 heterocycles. The van der Waals surface area contributed by atoms with Crippen LogP contribution >= 0.6 is 0 Å². The molecular weight excluding hydrogens is 394 g/mol. The largest absolute Gasteiger partial charge is 0.443 e. The average molecular weight is 426 g/mol. The van der Waals surface area contributed by atoms with Crippen LogP contribution < -0.4 is 4.90 Å². The van der Waals surface area contributed by atoms with E-state index in [1.54, 1.807) is 4.90 Å². The van der Waals surface area contributed by atoms with Crippen molar-refractivity contribution in [3.8, 4) is 11.1 Å². The molecule has 166 valence electrons. The first-order valence-corrected chi connectivity index (χ1v) is 11.0. The number of pyridine rings is 2. The second-order valence-electron chi connectivity index (χ2n) is 9.15. The lowest BCUT2D eigenvalue weighted by Gasteiger charge is -2.30. The van der Waals surface area contributed by atoms with Crippen LogP contribution in [0, 0.1) is 0 Å². The number of nitrogens with zero attached hydrogens (tertiary/aromatic N) is 3. The summed E-state index contributed by atoms with van der Waals surface area (Å²) in [7, 11) is 0. The van der Waals surface area contributed by atoms with Crippen molar-refractivity contribution in [2.75, 3.05) is 24.7 Å². The Bertz CT molecular complexity index is 919. The van der Waals surface area contributed by atoms with E-state index in [4.69, 9.17) is 14.2 Å². The normalized spacial score (nSPS) is 17.3. The fourth-order valence-electron chi connectivity index (χ4n) is 3.90. The standard InChI is InChI=1S/C24H31N3O4/c1-24(2,3)31-23(28)27-8-4-5-18-12-20(15-26-22(18)27)19-11-17(13-25-14-19)16-30-21-6-9-29-10-7-21/h11-15,21H,4-10,16H2,1-3H3. The highest BCUT2D eigenvalue weighted by Gasteiger charge is 2.28. The van der Waals surface area contributed by atoms with Gasteiger partial charge in [-0.05, 0) is 69.7 Å². The zero-order valence-corrected chi connectivity index (χ0v) is 18.6. The summed E-state index contributed by atoms with van der Waals surface area (Å²) in [5.74, 6) is 0.691. The van der Waals surface area contributed by atoms with Gasteiger partial charge < -0.3 is 14.2 Å². The van der Waals surface area contributed by atoms with Gasteiger partial charge >= 0.3 is 6.09 Å². The number of aromatic nitrogens is 2. The first-order chi connectivity index (χ1) is 14.9. The molecule has 0 spiro atoms. The molecule has 0 aliphatic carbocycles. The summed E-state index contributed by atoms with van der Waals surface area (Å²) in [6, 6.07) is 4.21. The number of carbonyl (C=O) groups excluding carboxylic acids is 1. The summed E-state index contributed by atoms with van der Waals surface area (Å²) in [6.07, 6.45) is 9.05. The van der Waals surface area contributed by atoms with Crippen molar-refractivity contribution in [3.63, 3.8) is 0 Å². The molecule has 1 fully saturated rings. The number of ether oxygens (including phenoxy) is 3. The Morgan fingerprint density at radius 1 is 1.16 bits per heavy atom. The maximum atomic E-state index is 12.6. The molecule has 0 N–H and O–H groups in total. The minimum Gasteiger partial charge on any atom is -0.443 e. The van der Waals surface area contributed by atoms with Gasteiger partial charge in [0, 0.05) is 49.5 Å². The molecule has 2 aromatic rings. The SMILES string of the molecule is CC(C)(C)OC(=O)N1CCCc2cc(-c3cncc(COC4CCOCC4)c3)cnc21. The van der Waals surface area contributed by atoms with Crippen molar-refractivity contribution in [1.29, 1.82) is 0 Å². The van der Waals surface area contributed by atoms with Crippen LogP contribution in [0.25, 0.3) is 11.1 Å². The van der Waals surface area contributed by atoms with E-state index in [1.165, 1.54) is 0 Å². The van der Waals surface area contributed by atoms with Crippen molar-refractivity contribution >= 4 is 11.9 Å². The topological polar surface area (TPSA) is 73.8 Å². The summed E-state index contributed by atoms with van der Waals surface area (Å²) >= 11 is 0. The van der Waals surface area contributed by atoms with Crippen LogP contribution in [0.3, 0.4) is 0 Å². The minimum atomic E-state index is -0.534. The predicted molar refractivity (Wildman–Crippen MR) is 118 cm³/mol. The van der Waals surface area contributed by atoms with Crippen LogP contribution in [0.4, 0.5) is 10.6 Å². The van der Waals surface area contributed by atoms with E-state index in [0.717, 1.165) is 61.2 Å². The second kappa shape index (κ2) is 9.32. The summed E-state index contributed by atoms with van der Waals surface area (Å²) in [5.41, 5.74) is 3.55. The Balaban J connectivity index is 1.49. The van der Waals surface area contributed by atoms with E-state index in [1.807, 2.05) is 39.4 Å². The van der Waals surface area contributed by atoms with Crippen LogP contribution in [0.5, 0.6) is 0 Å². The fraction of sp³-hybridized carbons (Fsp3) is 0.542. The molecule has 1 amide bonds. The molecule has 7 nitrogen and oxygen atoms in total. The highest BCUT2D eigenvalue weighted by atomic mass is 16.6. The van der Waals surface area contributed by atoms with Crippen molar-refractivity contribution in [2.45, 2.75) is 64.8 Å². The molecule has 0 bridgehead atoms. The number of hydrogen-bond acceptors (Lipinski definition) is 6. The Labute approximate surface area is 183 Å². The molecule has 2 aliphatic heterocycles. The molecule has 0 atom stereocenters. The Kier molecular flexibility index (Phi) is 6.53. The number of aryl methyl sites for hydroxylation is 1. The second-order valence-corrected chi connectivity index (χ2v) is 9.15. The van der Waals surface area contributed by atoms with Crippen molar-refractivity contribution in [3.05, 3.63) is 41.9 Å². The smallest absolute Gasteiger partial charge is 0.416 e. The zero-order chi connectivity index (χ0) is 21.8. The van der Waals surface area contributed by atoms with E-state index >= 15 is 0 Å². The third-order valence-electron chi connectivity index (χ3n) is 5.42. The van der Waals surface area contributed by atoms with Crippen molar-refractivity contribution in [2.24, 2.45) is 0 Å². The number of rotatable bonds is 4. The van der Waals surface area contributed by atoms with Gasteiger partial charge in [0.2, 0.25) is 0 Å². The van der Waals surface area contributed by atoms with Gasteiger partial charge in [-0.1, -0.05) is 0 Å². The monoisotopic (exact) mass is 425 g/mol. The molecule has 0 saturated carbocycles. The van der Waals surface area contributed by atoms with Crippen LogP contribution in [0.15, 0.2) is 30.7 Å². The summed E-state index contributed by atoms with van der Waals surface area (Å²) < 4.78 is 17.0. The lowest BCUT2D eigenvalue weighted by molar-refractivity contribution is -0.0391. The van der Waals surface area contributed by atoms with Crippen LogP contribution in [0.1, 0.15) is 51.2 Å². The van der Waals surface area contributed by atoms with E-state index in [2.05, 4.69) is 22.1 Å². The molecule has 2 aromatic heterocycles. The number of carbonyl (C=O) groups is 1. The van der Waals surface area contributed by atoms with Gasteiger partial charge in [-0.15, -0.1) is 0 Å². The van der Waals surface area contributed by atoms with E-state index in [0.29, 0.717) is 19.0 Å². The first kappa shape index (κ1) is 21.7. The molecule has 0 radical (unpaired) electrons. The highest BCUT2D eigenvalue weighted by Crippen LogP contribution is 2.30. The summed E-state index contributed by atoms with van der Waals surface area (Å²) in [6.45, 7) is 8.31. The highest BCUT2D eigenvalue weighted by molar-refractivity contribution is 5.88. The van der Waals surface area contributed by atoms with Crippen LogP contribution in [-0.4, -0.2) is 47.5 Å². The van der Waals surface area contributed by atoms with Gasteiger partial charge in [0.25, 0.3) is 0 Å². The Hall–Kier alpha value is -2.51. The van der Waals surface area contributed by atoms with E-state index in [-0.39, 0.29) is 12.2 Å². The predicted octanol–water partition coefficient (Wildman–Crippen LogP) is 4.53. The number of hydrogen-bond donors (Lipinski definition) is 0. The third kappa shape index (κ3) is 5.60.